The fourth-order valence-corrected chi connectivity index (χ4v) is 9.68. The van der Waals surface area contributed by atoms with Crippen molar-refractivity contribution in [2.75, 3.05) is 5.73 Å². The van der Waals surface area contributed by atoms with Gasteiger partial charge in [-0.2, -0.15) is 0 Å². The van der Waals surface area contributed by atoms with Gasteiger partial charge in [0.2, 0.25) is 0 Å². The summed E-state index contributed by atoms with van der Waals surface area (Å²) in [7, 11) is 0. The predicted octanol–water partition coefficient (Wildman–Crippen LogP) is 6.03. The molecule has 182 valence electrons. The van der Waals surface area contributed by atoms with E-state index < -0.39 is 0 Å². The highest BCUT2D eigenvalue weighted by atomic mass is 16.5. The lowest BCUT2D eigenvalue weighted by molar-refractivity contribution is -0.295. The minimum atomic E-state index is 0.00305. The van der Waals surface area contributed by atoms with Crippen LogP contribution < -0.4 is 11.5 Å². The van der Waals surface area contributed by atoms with Gasteiger partial charge in [-0.05, 0) is 112 Å². The molecule has 4 N–H and O–H groups in total. The second-order valence-corrected chi connectivity index (χ2v) is 13.1. The average molecular weight is 452 g/mol. The van der Waals surface area contributed by atoms with E-state index in [-0.39, 0.29) is 11.2 Å². The first kappa shape index (κ1) is 22.3. The number of nitrogens with zero attached hydrogens (tertiary/aromatic N) is 1. The number of rotatable bonds is 4. The molecule has 33 heavy (non-hydrogen) atoms. The number of pyridine rings is 1. The Morgan fingerprint density at radius 3 is 2.45 bits per heavy atom. The van der Waals surface area contributed by atoms with E-state index in [0.717, 1.165) is 18.8 Å². The zero-order valence-electron chi connectivity index (χ0n) is 20.7. The van der Waals surface area contributed by atoms with Crippen LogP contribution in [-0.4, -0.2) is 22.2 Å². The van der Waals surface area contributed by atoms with E-state index in [1.165, 1.54) is 89.0 Å². The molecule has 4 nitrogen and oxygen atoms in total. The molecule has 2 bridgehead atoms. The van der Waals surface area contributed by atoms with Gasteiger partial charge >= 0.3 is 0 Å². The zero-order chi connectivity index (χ0) is 22.7. The number of aromatic nitrogens is 1. The summed E-state index contributed by atoms with van der Waals surface area (Å²) in [6.07, 6.45) is 21.9. The Morgan fingerprint density at radius 2 is 1.76 bits per heavy atom. The third kappa shape index (κ3) is 3.84. The van der Waals surface area contributed by atoms with Gasteiger partial charge in [0.1, 0.15) is 5.82 Å². The molecule has 0 aromatic carbocycles. The molecule has 4 aliphatic carbocycles. The maximum atomic E-state index is 7.46. The molecule has 7 rings (SSSR count). The summed E-state index contributed by atoms with van der Waals surface area (Å²) < 4.78 is 7.46. The molecule has 3 heterocycles. The van der Waals surface area contributed by atoms with Crippen molar-refractivity contribution in [1.29, 1.82) is 0 Å². The van der Waals surface area contributed by atoms with Gasteiger partial charge in [0.05, 0.1) is 11.2 Å². The molecule has 4 heteroatoms. The van der Waals surface area contributed by atoms with Crippen molar-refractivity contribution in [3.8, 4) is 0 Å². The van der Waals surface area contributed by atoms with Crippen LogP contribution in [-0.2, 0) is 11.2 Å². The third-order valence-electron chi connectivity index (χ3n) is 11.1. The maximum absolute atomic E-state index is 7.46. The normalized spacial score (nSPS) is 42.8. The van der Waals surface area contributed by atoms with Crippen molar-refractivity contribution in [3.63, 3.8) is 0 Å². The summed E-state index contributed by atoms with van der Waals surface area (Å²) in [5, 5.41) is 0. The van der Waals surface area contributed by atoms with Crippen LogP contribution in [0, 0.1) is 29.1 Å². The zero-order valence-corrected chi connectivity index (χ0v) is 20.7. The molecule has 1 aromatic heterocycles. The van der Waals surface area contributed by atoms with Crippen LogP contribution in [0.5, 0.6) is 0 Å². The van der Waals surface area contributed by atoms with E-state index in [9.17, 15) is 0 Å². The Bertz CT molecular complexity index is 843. The largest absolute Gasteiger partial charge is 0.384 e. The van der Waals surface area contributed by atoms with Crippen molar-refractivity contribution in [2.24, 2.45) is 34.8 Å². The molecular weight excluding hydrogens is 406 g/mol. The lowest BCUT2D eigenvalue weighted by atomic mass is 9.53. The number of nitrogens with two attached hydrogens (primary N) is 2. The Labute approximate surface area is 200 Å². The van der Waals surface area contributed by atoms with E-state index in [1.807, 2.05) is 12.3 Å². The molecule has 6 atom stereocenters. The first-order chi connectivity index (χ1) is 15.9. The Balaban J connectivity index is 1.29. The molecule has 4 saturated carbocycles. The summed E-state index contributed by atoms with van der Waals surface area (Å²) >= 11 is 0. The van der Waals surface area contributed by atoms with E-state index >= 15 is 0 Å². The Hall–Kier alpha value is -1.13. The molecule has 0 amide bonds. The number of hydrogen-bond acceptors (Lipinski definition) is 4. The SMILES string of the molecule is CC1(C2CCCC2)OC2(C3CC(Cc4ccc(N)nc4)CC4(CCCC4)C3)CCC1C(N)C2. The van der Waals surface area contributed by atoms with Crippen LogP contribution in [0.2, 0.25) is 0 Å². The maximum Gasteiger partial charge on any atom is 0.123 e. The molecule has 6 aliphatic rings. The molecule has 2 aliphatic heterocycles. The van der Waals surface area contributed by atoms with Crippen LogP contribution >= 0.6 is 0 Å². The van der Waals surface area contributed by atoms with Crippen LogP contribution in [0.4, 0.5) is 5.82 Å². The summed E-state index contributed by atoms with van der Waals surface area (Å²) in [6, 6.07) is 4.48. The molecular formula is C29H45N3O. The number of nitrogen functional groups attached to an aromatic ring is 1. The molecule has 0 radical (unpaired) electrons. The average Bonchev–Trinajstić information content (AvgIpc) is 3.48. The highest BCUT2D eigenvalue weighted by molar-refractivity contribution is 5.29. The summed E-state index contributed by atoms with van der Waals surface area (Å²) in [5.41, 5.74) is 14.7. The van der Waals surface area contributed by atoms with Gasteiger partial charge in [-0.3, -0.25) is 0 Å². The summed E-state index contributed by atoms with van der Waals surface area (Å²) in [4.78, 5) is 4.39. The summed E-state index contributed by atoms with van der Waals surface area (Å²) in [5.74, 6) is 3.28. The van der Waals surface area contributed by atoms with Crippen molar-refractivity contribution >= 4 is 5.82 Å². The van der Waals surface area contributed by atoms with Crippen molar-refractivity contribution < 1.29 is 4.74 Å². The molecule has 6 fully saturated rings. The van der Waals surface area contributed by atoms with Crippen molar-refractivity contribution in [3.05, 3.63) is 23.9 Å². The van der Waals surface area contributed by atoms with Gasteiger partial charge in [0.25, 0.3) is 0 Å². The van der Waals surface area contributed by atoms with E-state index in [1.54, 1.807) is 0 Å². The van der Waals surface area contributed by atoms with Gasteiger partial charge in [-0.1, -0.05) is 31.7 Å². The minimum absolute atomic E-state index is 0.00305. The Morgan fingerprint density at radius 1 is 0.970 bits per heavy atom. The van der Waals surface area contributed by atoms with Crippen LogP contribution in [0.15, 0.2) is 18.3 Å². The topological polar surface area (TPSA) is 74.2 Å². The van der Waals surface area contributed by atoms with Crippen molar-refractivity contribution in [2.45, 2.75) is 120 Å². The monoisotopic (exact) mass is 451 g/mol. The predicted molar refractivity (Wildman–Crippen MR) is 134 cm³/mol. The lowest BCUT2D eigenvalue weighted by Gasteiger charge is -2.64. The number of anilines is 1. The van der Waals surface area contributed by atoms with E-state index in [4.69, 9.17) is 16.2 Å². The van der Waals surface area contributed by atoms with Gasteiger partial charge < -0.3 is 16.2 Å². The first-order valence-corrected chi connectivity index (χ1v) is 14.1. The highest BCUT2D eigenvalue weighted by Gasteiger charge is 2.62. The molecule has 2 saturated heterocycles. The quantitative estimate of drug-likeness (QED) is 0.586. The van der Waals surface area contributed by atoms with Crippen LogP contribution in [0.3, 0.4) is 0 Å². The van der Waals surface area contributed by atoms with Gasteiger partial charge in [-0.15, -0.1) is 0 Å². The highest BCUT2D eigenvalue weighted by Crippen LogP contribution is 2.62. The number of ether oxygens (including phenoxy) is 1. The fraction of sp³-hybridized carbons (Fsp3) is 0.828. The van der Waals surface area contributed by atoms with Gasteiger partial charge in [0.15, 0.2) is 0 Å². The molecule has 1 spiro atoms. The van der Waals surface area contributed by atoms with Crippen LogP contribution in [0.1, 0.15) is 102 Å². The van der Waals surface area contributed by atoms with Gasteiger partial charge in [0, 0.05) is 18.2 Å². The molecule has 6 unspecified atom stereocenters. The van der Waals surface area contributed by atoms with Crippen LogP contribution in [0.25, 0.3) is 0 Å². The third-order valence-corrected chi connectivity index (χ3v) is 11.1. The van der Waals surface area contributed by atoms with Crippen molar-refractivity contribution in [1.82, 2.24) is 4.98 Å². The Kier molecular flexibility index (Phi) is 5.57. The van der Waals surface area contributed by atoms with Gasteiger partial charge in [-0.25, -0.2) is 4.98 Å². The van der Waals surface area contributed by atoms with E-state index in [0.29, 0.717) is 35.0 Å². The minimum Gasteiger partial charge on any atom is -0.384 e. The number of hydrogen-bond donors (Lipinski definition) is 2. The second-order valence-electron chi connectivity index (χ2n) is 13.1. The smallest absolute Gasteiger partial charge is 0.123 e. The molecule has 1 aromatic rings. The number of fused-ring (bicyclic) bond motifs is 3. The summed E-state index contributed by atoms with van der Waals surface area (Å²) in [6.45, 7) is 2.46. The second kappa shape index (κ2) is 8.22. The van der Waals surface area contributed by atoms with E-state index in [2.05, 4.69) is 18.0 Å². The standard InChI is InChI=1S/C29H45N3O/c1-27(22-6-2-3-7-22)24-10-13-29(33-27,18-25(24)30)23-15-21(14-20-8-9-26(31)32-19-20)16-28(17-23)11-4-5-12-28/h8-9,19,21-25H,2-7,10-18,30H2,1H3,(H2,31,32). The fourth-order valence-electron chi connectivity index (χ4n) is 9.68. The lowest BCUT2D eigenvalue weighted by Crippen LogP contribution is -2.69. The first-order valence-electron chi connectivity index (χ1n) is 14.1.